The van der Waals surface area contributed by atoms with Crippen LogP contribution in [0.15, 0.2) is 53.6 Å². The van der Waals surface area contributed by atoms with Gasteiger partial charge in [0.1, 0.15) is 5.75 Å². The molecule has 6 nitrogen and oxygen atoms in total. The number of nitrogens with zero attached hydrogens (tertiary/aromatic N) is 3. The van der Waals surface area contributed by atoms with E-state index in [0.717, 1.165) is 26.2 Å². The number of hydrogen-bond acceptors (Lipinski definition) is 5. The van der Waals surface area contributed by atoms with Crippen LogP contribution in [0.5, 0.6) is 5.75 Å². The molecule has 2 aromatic rings. The number of piperazine rings is 1. The summed E-state index contributed by atoms with van der Waals surface area (Å²) in [4.78, 5) is 17.4. The zero-order valence-electron chi connectivity index (χ0n) is 17.2. The van der Waals surface area contributed by atoms with Crippen LogP contribution in [0.3, 0.4) is 0 Å². The van der Waals surface area contributed by atoms with Crippen LogP contribution in [0.2, 0.25) is 0 Å². The molecule has 2 fully saturated rings. The number of nitrogens with one attached hydrogen (secondary N) is 1. The molecule has 2 heterocycles. The number of benzene rings is 2. The van der Waals surface area contributed by atoms with Crippen LogP contribution in [0, 0.1) is 0 Å². The molecule has 2 aliphatic heterocycles. The summed E-state index contributed by atoms with van der Waals surface area (Å²) in [5, 5.41) is 3.93. The summed E-state index contributed by atoms with van der Waals surface area (Å²) >= 11 is 0. The number of ether oxygens (including phenoxy) is 1. The molecule has 2 aliphatic rings. The Kier molecular flexibility index (Phi) is 6.89. The average Bonchev–Trinajstić information content (AvgIpc) is 3.23. The molecular weight excluding hydrogens is 402 g/mol. The topological polar surface area (TPSA) is 57.2 Å². The van der Waals surface area contributed by atoms with Crippen molar-refractivity contribution < 1.29 is 18.3 Å². The first-order chi connectivity index (χ1) is 15.1. The molecule has 0 saturated carbocycles. The molecule has 1 N–H and O–H groups in total. The molecule has 31 heavy (non-hydrogen) atoms. The normalized spacial score (nSPS) is 19.6. The number of carbonyl (C=O) groups is 1. The van der Waals surface area contributed by atoms with Gasteiger partial charge in [-0.2, -0.15) is 13.9 Å². The fraction of sp³-hybridized carbons (Fsp3) is 0.391. The lowest BCUT2D eigenvalue weighted by atomic mass is 10.1. The molecule has 4 rings (SSSR count). The van der Waals surface area contributed by atoms with E-state index in [9.17, 15) is 13.6 Å². The van der Waals surface area contributed by atoms with Crippen LogP contribution >= 0.6 is 0 Å². The third kappa shape index (κ3) is 5.86. The molecule has 2 aromatic carbocycles. The second-order valence-corrected chi connectivity index (χ2v) is 7.91. The van der Waals surface area contributed by atoms with Crippen molar-refractivity contribution >= 4 is 12.1 Å². The number of alkyl halides is 2. The van der Waals surface area contributed by atoms with Gasteiger partial charge in [-0.05, 0) is 66.9 Å². The summed E-state index contributed by atoms with van der Waals surface area (Å²) in [7, 11) is 0. The first-order valence-electron chi connectivity index (χ1n) is 10.5. The maximum Gasteiger partial charge on any atom is 0.387 e. The highest BCUT2D eigenvalue weighted by atomic mass is 19.3. The molecule has 164 valence electrons. The van der Waals surface area contributed by atoms with E-state index in [1.54, 1.807) is 12.1 Å². The highest BCUT2D eigenvalue weighted by Gasteiger charge is 2.30. The summed E-state index contributed by atoms with van der Waals surface area (Å²) in [6.07, 6.45) is 4.05. The van der Waals surface area contributed by atoms with Crippen molar-refractivity contribution in [3.05, 3.63) is 65.2 Å². The molecule has 2 saturated heterocycles. The molecule has 1 amide bonds. The van der Waals surface area contributed by atoms with Gasteiger partial charge in [0.05, 0.1) is 6.21 Å². The van der Waals surface area contributed by atoms with Crippen LogP contribution in [0.4, 0.5) is 8.78 Å². The van der Waals surface area contributed by atoms with E-state index < -0.39 is 6.61 Å². The number of amides is 1. The smallest absolute Gasteiger partial charge is 0.387 e. The van der Waals surface area contributed by atoms with Crippen molar-refractivity contribution in [2.45, 2.75) is 32.0 Å². The lowest BCUT2D eigenvalue weighted by molar-refractivity contribution is -0.0498. The molecule has 0 aliphatic carbocycles. The van der Waals surface area contributed by atoms with Gasteiger partial charge >= 0.3 is 6.61 Å². The van der Waals surface area contributed by atoms with Crippen LogP contribution in [-0.4, -0.2) is 60.8 Å². The van der Waals surface area contributed by atoms with E-state index >= 15 is 0 Å². The van der Waals surface area contributed by atoms with Crippen molar-refractivity contribution in [3.8, 4) is 5.75 Å². The van der Waals surface area contributed by atoms with Gasteiger partial charge in [0.2, 0.25) is 0 Å². The molecule has 0 bridgehead atoms. The summed E-state index contributed by atoms with van der Waals surface area (Å²) in [5.74, 6) is -0.235. The molecule has 1 atom stereocenters. The van der Waals surface area contributed by atoms with Crippen LogP contribution in [0.1, 0.15) is 34.3 Å². The lowest BCUT2D eigenvalue weighted by Crippen LogP contribution is -2.49. The maximum absolute atomic E-state index is 12.3. The van der Waals surface area contributed by atoms with E-state index in [0.29, 0.717) is 17.2 Å². The van der Waals surface area contributed by atoms with E-state index in [4.69, 9.17) is 0 Å². The van der Waals surface area contributed by atoms with E-state index in [-0.39, 0.29) is 11.7 Å². The Labute approximate surface area is 180 Å². The standard InChI is InChI=1S/C23H26F2N4O2/c24-23(25)31-21-9-5-17(6-10-21)14-26-27-22(30)19-7-3-18(4-8-19)15-28-12-13-29-11-1-2-20(29)16-28/h3-10,14,20,23H,1-2,11-13,15-16H2,(H,27,30). The third-order valence-electron chi connectivity index (χ3n) is 5.78. The second kappa shape index (κ2) is 9.98. The summed E-state index contributed by atoms with van der Waals surface area (Å²) in [6, 6.07) is 14.3. The first-order valence-corrected chi connectivity index (χ1v) is 10.5. The van der Waals surface area contributed by atoms with Crippen molar-refractivity contribution in [1.29, 1.82) is 0 Å². The van der Waals surface area contributed by atoms with E-state index in [2.05, 4.69) is 25.1 Å². The minimum atomic E-state index is -2.86. The fourth-order valence-electron chi connectivity index (χ4n) is 4.18. The van der Waals surface area contributed by atoms with Crippen molar-refractivity contribution in [2.24, 2.45) is 5.10 Å². The van der Waals surface area contributed by atoms with Crippen molar-refractivity contribution in [1.82, 2.24) is 15.2 Å². The number of hydrogen-bond donors (Lipinski definition) is 1. The zero-order chi connectivity index (χ0) is 21.6. The Bertz CT molecular complexity index is 903. The molecule has 0 spiro atoms. The Balaban J connectivity index is 1.25. The zero-order valence-corrected chi connectivity index (χ0v) is 17.2. The number of fused-ring (bicyclic) bond motifs is 1. The predicted octanol–water partition coefficient (Wildman–Crippen LogP) is 3.33. The quantitative estimate of drug-likeness (QED) is 0.543. The molecule has 0 aromatic heterocycles. The highest BCUT2D eigenvalue weighted by Crippen LogP contribution is 2.22. The van der Waals surface area contributed by atoms with Crippen LogP contribution in [-0.2, 0) is 6.54 Å². The minimum Gasteiger partial charge on any atom is -0.435 e. The second-order valence-electron chi connectivity index (χ2n) is 7.91. The lowest BCUT2D eigenvalue weighted by Gasteiger charge is -2.37. The summed E-state index contributed by atoms with van der Waals surface area (Å²) in [5.41, 5.74) is 4.86. The largest absolute Gasteiger partial charge is 0.435 e. The molecule has 1 unspecified atom stereocenters. The number of carbonyl (C=O) groups excluding carboxylic acids is 1. The number of halogens is 2. The molecule has 0 radical (unpaired) electrons. The van der Waals surface area contributed by atoms with Gasteiger partial charge in [0.25, 0.3) is 5.91 Å². The van der Waals surface area contributed by atoms with Crippen molar-refractivity contribution in [3.63, 3.8) is 0 Å². The van der Waals surface area contributed by atoms with E-state index in [1.807, 2.05) is 24.3 Å². The number of rotatable bonds is 7. The molecule has 8 heteroatoms. The van der Waals surface area contributed by atoms with Gasteiger partial charge < -0.3 is 4.74 Å². The van der Waals surface area contributed by atoms with Gasteiger partial charge in [-0.3, -0.25) is 14.6 Å². The average molecular weight is 428 g/mol. The first kappa shape index (κ1) is 21.4. The van der Waals surface area contributed by atoms with Gasteiger partial charge in [0.15, 0.2) is 0 Å². The monoisotopic (exact) mass is 428 g/mol. The van der Waals surface area contributed by atoms with Gasteiger partial charge in [0, 0.05) is 37.8 Å². The Morgan fingerprint density at radius 1 is 1.13 bits per heavy atom. The maximum atomic E-state index is 12.3. The SMILES string of the molecule is O=C(NN=Cc1ccc(OC(F)F)cc1)c1ccc(CN2CCN3CCCC3C2)cc1. The fourth-order valence-corrected chi connectivity index (χ4v) is 4.18. The Morgan fingerprint density at radius 3 is 2.65 bits per heavy atom. The van der Waals surface area contributed by atoms with Crippen LogP contribution in [0.25, 0.3) is 0 Å². The predicted molar refractivity (Wildman–Crippen MR) is 114 cm³/mol. The minimum absolute atomic E-state index is 0.0707. The molecular formula is C23H26F2N4O2. The third-order valence-corrected chi connectivity index (χ3v) is 5.78. The Hall–Kier alpha value is -2.84. The van der Waals surface area contributed by atoms with Gasteiger partial charge in [-0.15, -0.1) is 0 Å². The van der Waals surface area contributed by atoms with Gasteiger partial charge in [-0.1, -0.05) is 12.1 Å². The highest BCUT2D eigenvalue weighted by molar-refractivity contribution is 5.94. The van der Waals surface area contributed by atoms with Gasteiger partial charge in [-0.25, -0.2) is 5.43 Å². The van der Waals surface area contributed by atoms with Crippen LogP contribution < -0.4 is 10.2 Å². The summed E-state index contributed by atoms with van der Waals surface area (Å²) < 4.78 is 28.6. The van der Waals surface area contributed by atoms with Crippen molar-refractivity contribution in [2.75, 3.05) is 26.2 Å². The number of hydrazone groups is 1. The summed E-state index contributed by atoms with van der Waals surface area (Å²) in [6.45, 7) is 2.63. The van der Waals surface area contributed by atoms with E-state index in [1.165, 1.54) is 43.3 Å². The Morgan fingerprint density at radius 2 is 1.90 bits per heavy atom.